The van der Waals surface area contributed by atoms with Gasteiger partial charge in [-0.2, -0.15) is 4.31 Å². The Hall–Kier alpha value is -3.15. The summed E-state index contributed by atoms with van der Waals surface area (Å²) < 4.78 is 28.4. The van der Waals surface area contributed by atoms with Crippen molar-refractivity contribution in [3.05, 3.63) is 89.8 Å². The molecule has 0 fully saturated rings. The number of thiophene rings is 1. The van der Waals surface area contributed by atoms with Crippen molar-refractivity contribution >= 4 is 53.8 Å². The van der Waals surface area contributed by atoms with E-state index in [1.807, 2.05) is 18.2 Å². The number of aromatic nitrogens is 1. The second kappa shape index (κ2) is 10.9. The molecule has 196 valence electrons. The Morgan fingerprint density at radius 2 is 1.82 bits per heavy atom. The van der Waals surface area contributed by atoms with Crippen LogP contribution in [-0.4, -0.2) is 55.2 Å². The fourth-order valence-corrected chi connectivity index (χ4v) is 8.30. The number of carbonyl (C=O) groups excluding carboxylic acids is 1. The number of likely N-dealkylation sites (N-methyl/N-ethyl adjacent to an activating group) is 1. The molecule has 7 nitrogen and oxygen atoms in total. The van der Waals surface area contributed by atoms with Crippen LogP contribution in [0.4, 0.5) is 5.00 Å². The lowest BCUT2D eigenvalue weighted by molar-refractivity contribution is 0.102. The summed E-state index contributed by atoms with van der Waals surface area (Å²) in [6.07, 6.45) is 3.95. The van der Waals surface area contributed by atoms with E-state index in [9.17, 15) is 13.2 Å². The van der Waals surface area contributed by atoms with E-state index in [-0.39, 0.29) is 23.9 Å². The summed E-state index contributed by atoms with van der Waals surface area (Å²) in [5.41, 5.74) is 3.56. The minimum atomic E-state index is -3.74. The van der Waals surface area contributed by atoms with Crippen molar-refractivity contribution < 1.29 is 13.2 Å². The molecule has 0 radical (unpaired) electrons. The van der Waals surface area contributed by atoms with Gasteiger partial charge < -0.3 is 10.2 Å². The van der Waals surface area contributed by atoms with E-state index in [2.05, 4.69) is 36.5 Å². The van der Waals surface area contributed by atoms with Gasteiger partial charge in [0.25, 0.3) is 5.91 Å². The summed E-state index contributed by atoms with van der Waals surface area (Å²) in [5.74, 6) is -0.294. The molecule has 1 amide bonds. The van der Waals surface area contributed by atoms with Gasteiger partial charge in [-0.25, -0.2) is 13.4 Å². The molecule has 0 saturated carbocycles. The SMILES string of the molecule is C=CCN(CC=C)S(=O)(=O)c1ccc(C(=O)Nc2sc3c(c2-c2nc4ccccc4s2)CCN(C)C3)cc1. The number of para-hydroxylation sites is 1. The Labute approximate surface area is 230 Å². The van der Waals surface area contributed by atoms with Gasteiger partial charge in [-0.05, 0) is 55.4 Å². The molecule has 0 bridgehead atoms. The Morgan fingerprint density at radius 3 is 2.50 bits per heavy atom. The maximum atomic E-state index is 13.3. The maximum absolute atomic E-state index is 13.3. The molecule has 0 spiro atoms. The zero-order valence-electron chi connectivity index (χ0n) is 21.0. The molecule has 1 N–H and O–H groups in total. The van der Waals surface area contributed by atoms with Crippen LogP contribution in [0, 0.1) is 0 Å². The molecule has 3 heterocycles. The molecular weight excluding hydrogens is 537 g/mol. The highest BCUT2D eigenvalue weighted by Crippen LogP contribution is 2.45. The Bertz CT molecular complexity index is 1580. The molecule has 10 heteroatoms. The lowest BCUT2D eigenvalue weighted by Gasteiger charge is -2.22. The third-order valence-electron chi connectivity index (χ3n) is 6.40. The van der Waals surface area contributed by atoms with E-state index in [1.54, 1.807) is 34.8 Å². The monoisotopic (exact) mass is 564 g/mol. The van der Waals surface area contributed by atoms with Crippen molar-refractivity contribution in [1.29, 1.82) is 0 Å². The lowest BCUT2D eigenvalue weighted by atomic mass is 10.0. The van der Waals surface area contributed by atoms with Crippen molar-refractivity contribution in [1.82, 2.24) is 14.2 Å². The number of carbonyl (C=O) groups is 1. The van der Waals surface area contributed by atoms with Crippen LogP contribution in [-0.2, 0) is 23.0 Å². The molecule has 4 aromatic rings. The fraction of sp³-hybridized carbons (Fsp3) is 0.214. The predicted octanol–water partition coefficient (Wildman–Crippen LogP) is 5.63. The number of benzene rings is 2. The largest absolute Gasteiger partial charge is 0.313 e. The van der Waals surface area contributed by atoms with E-state index in [0.717, 1.165) is 45.3 Å². The lowest BCUT2D eigenvalue weighted by Crippen LogP contribution is -2.31. The second-order valence-electron chi connectivity index (χ2n) is 9.06. The normalized spacial score (nSPS) is 13.9. The molecule has 0 atom stereocenters. The summed E-state index contributed by atoms with van der Waals surface area (Å²) in [4.78, 5) is 21.8. The molecule has 1 aliphatic heterocycles. The third-order valence-corrected chi connectivity index (χ3v) is 10.4. The average molecular weight is 565 g/mol. The number of amides is 1. The number of nitrogens with zero attached hydrogens (tertiary/aromatic N) is 3. The molecule has 0 unspecified atom stereocenters. The zero-order chi connectivity index (χ0) is 26.9. The smallest absolute Gasteiger partial charge is 0.256 e. The van der Waals surface area contributed by atoms with E-state index >= 15 is 0 Å². The van der Waals surface area contributed by atoms with Crippen LogP contribution in [0.5, 0.6) is 0 Å². The van der Waals surface area contributed by atoms with E-state index in [1.165, 1.54) is 39.0 Å². The third kappa shape index (κ3) is 5.10. The number of rotatable bonds is 9. The van der Waals surface area contributed by atoms with Gasteiger partial charge in [0.1, 0.15) is 10.0 Å². The van der Waals surface area contributed by atoms with Crippen molar-refractivity contribution in [2.45, 2.75) is 17.9 Å². The summed E-state index contributed by atoms with van der Waals surface area (Å²) in [7, 11) is -1.64. The first kappa shape index (κ1) is 26.5. The second-order valence-corrected chi connectivity index (χ2v) is 13.1. The number of fused-ring (bicyclic) bond motifs is 2. The number of hydrogen-bond donors (Lipinski definition) is 1. The Balaban J connectivity index is 1.45. The van der Waals surface area contributed by atoms with Crippen molar-refractivity contribution in [2.24, 2.45) is 0 Å². The fourth-order valence-electron chi connectivity index (χ4n) is 4.49. The Kier molecular flexibility index (Phi) is 7.60. The summed E-state index contributed by atoms with van der Waals surface area (Å²) in [6.45, 7) is 9.39. The molecular formula is C28H28N4O3S3. The van der Waals surface area contributed by atoms with Gasteiger partial charge in [0.2, 0.25) is 10.0 Å². The van der Waals surface area contributed by atoms with Gasteiger partial charge in [0.05, 0.1) is 15.1 Å². The van der Waals surface area contributed by atoms with Gasteiger partial charge in [0, 0.05) is 42.2 Å². The first-order valence-electron chi connectivity index (χ1n) is 12.1. The minimum absolute atomic E-state index is 0.113. The maximum Gasteiger partial charge on any atom is 0.256 e. The van der Waals surface area contributed by atoms with E-state index < -0.39 is 10.0 Å². The molecule has 2 aromatic heterocycles. The minimum Gasteiger partial charge on any atom is -0.313 e. The number of anilines is 1. The quantitative estimate of drug-likeness (QED) is 0.267. The van der Waals surface area contributed by atoms with Crippen LogP contribution in [0.3, 0.4) is 0 Å². The van der Waals surface area contributed by atoms with Crippen molar-refractivity contribution in [2.75, 3.05) is 32.0 Å². The van der Waals surface area contributed by atoms with Crippen molar-refractivity contribution in [3.63, 3.8) is 0 Å². The number of thiazole rings is 1. The number of nitrogens with one attached hydrogen (secondary N) is 1. The average Bonchev–Trinajstić information content (AvgIpc) is 3.48. The highest BCUT2D eigenvalue weighted by Gasteiger charge is 2.27. The standard InChI is InChI=1S/C28H28N4O3S3/c1-4-15-32(16-5-2)38(34,35)20-12-10-19(11-13-20)26(33)30-28-25(21-14-17-31(3)18-24(21)37-28)27-29-22-8-6-7-9-23(22)36-27/h4-13H,1-2,14-18H2,3H3,(H,30,33). The zero-order valence-corrected chi connectivity index (χ0v) is 23.5. The molecule has 1 aliphatic rings. The topological polar surface area (TPSA) is 82.6 Å². The van der Waals surface area contributed by atoms with Crippen LogP contribution in [0.15, 0.2) is 78.7 Å². The van der Waals surface area contributed by atoms with Crippen LogP contribution in [0.2, 0.25) is 0 Å². The molecule has 38 heavy (non-hydrogen) atoms. The number of hydrogen-bond acceptors (Lipinski definition) is 7. The van der Waals surface area contributed by atoms with Gasteiger partial charge in [0.15, 0.2) is 0 Å². The van der Waals surface area contributed by atoms with Crippen LogP contribution >= 0.6 is 22.7 Å². The highest BCUT2D eigenvalue weighted by molar-refractivity contribution is 7.89. The van der Waals surface area contributed by atoms with Gasteiger partial charge in [-0.15, -0.1) is 35.8 Å². The van der Waals surface area contributed by atoms with Gasteiger partial charge in [-0.3, -0.25) is 4.79 Å². The highest BCUT2D eigenvalue weighted by atomic mass is 32.2. The van der Waals surface area contributed by atoms with Crippen LogP contribution in [0.25, 0.3) is 20.8 Å². The number of sulfonamides is 1. The van der Waals surface area contributed by atoms with Crippen LogP contribution < -0.4 is 5.32 Å². The summed E-state index contributed by atoms with van der Waals surface area (Å²) in [5, 5.41) is 4.77. The molecule has 5 rings (SSSR count). The molecule has 0 saturated heterocycles. The summed E-state index contributed by atoms with van der Waals surface area (Å²) in [6, 6.07) is 14.1. The molecule has 2 aromatic carbocycles. The van der Waals surface area contributed by atoms with Gasteiger partial charge in [-0.1, -0.05) is 24.3 Å². The first-order chi connectivity index (χ1) is 18.3. The Morgan fingerprint density at radius 1 is 1.11 bits per heavy atom. The van der Waals surface area contributed by atoms with E-state index in [0.29, 0.717) is 5.56 Å². The summed E-state index contributed by atoms with van der Waals surface area (Å²) >= 11 is 3.21. The van der Waals surface area contributed by atoms with Gasteiger partial charge >= 0.3 is 0 Å². The van der Waals surface area contributed by atoms with Crippen molar-refractivity contribution in [3.8, 4) is 10.6 Å². The first-order valence-corrected chi connectivity index (χ1v) is 15.2. The van der Waals surface area contributed by atoms with E-state index in [4.69, 9.17) is 4.98 Å². The predicted molar refractivity (Wildman–Crippen MR) is 157 cm³/mol. The van der Waals surface area contributed by atoms with Crippen LogP contribution in [0.1, 0.15) is 20.8 Å². The molecule has 0 aliphatic carbocycles.